The van der Waals surface area contributed by atoms with Gasteiger partial charge in [-0.25, -0.2) is 18.2 Å². The molecule has 1 aromatic heterocycles. The molecule has 2 saturated heterocycles. The summed E-state index contributed by atoms with van der Waals surface area (Å²) in [7, 11) is 1.59. The SMILES string of the molecule is COc1cccc(CC(=O)N2CCCC3(C2)CN(C(=O)c2ccc(F)c(-c4c(F)cccc4F)n2)CCO3)c1C. The fourth-order valence-electron chi connectivity index (χ4n) is 5.55. The van der Waals surface area contributed by atoms with E-state index in [2.05, 4.69) is 4.98 Å². The van der Waals surface area contributed by atoms with E-state index < -0.39 is 40.2 Å². The maximum Gasteiger partial charge on any atom is 0.272 e. The van der Waals surface area contributed by atoms with Crippen LogP contribution >= 0.6 is 0 Å². The van der Waals surface area contributed by atoms with Crippen LogP contribution in [0, 0.1) is 24.4 Å². The number of nitrogens with zero attached hydrogens (tertiary/aromatic N) is 3. The zero-order valence-corrected chi connectivity index (χ0v) is 22.4. The molecule has 7 nitrogen and oxygen atoms in total. The normalized spacial score (nSPS) is 19.1. The van der Waals surface area contributed by atoms with Crippen LogP contribution in [0.3, 0.4) is 0 Å². The fraction of sp³-hybridized carbons (Fsp3) is 0.367. The molecule has 0 radical (unpaired) electrons. The first-order valence-corrected chi connectivity index (χ1v) is 13.2. The number of morpholine rings is 1. The van der Waals surface area contributed by atoms with Gasteiger partial charge in [0.25, 0.3) is 5.91 Å². The summed E-state index contributed by atoms with van der Waals surface area (Å²) in [5.41, 5.74) is -0.279. The lowest BCUT2D eigenvalue weighted by atomic mass is 9.90. The fourth-order valence-corrected chi connectivity index (χ4v) is 5.55. The minimum Gasteiger partial charge on any atom is -0.496 e. The molecule has 1 atom stereocenters. The first-order valence-electron chi connectivity index (χ1n) is 13.2. The van der Waals surface area contributed by atoms with Crippen molar-refractivity contribution in [3.05, 3.63) is 82.8 Å². The number of hydrogen-bond acceptors (Lipinski definition) is 5. The average molecular weight is 554 g/mol. The van der Waals surface area contributed by atoms with E-state index in [4.69, 9.17) is 9.47 Å². The Labute approximate surface area is 230 Å². The van der Waals surface area contributed by atoms with Crippen LogP contribution in [0.2, 0.25) is 0 Å². The standard InChI is InChI=1S/C30H30F3N3O4/c1-19-20(6-3-9-25(19)39-2)16-26(37)35-13-5-12-30(17-35)18-36(14-15-40-30)29(38)24-11-10-23(33)28(34-24)27-21(31)7-4-8-22(27)32/h3-4,6-11H,5,12-18H2,1-2H3. The number of piperidine rings is 1. The molecule has 2 amide bonds. The van der Waals surface area contributed by atoms with Gasteiger partial charge in [-0.2, -0.15) is 0 Å². The van der Waals surface area contributed by atoms with E-state index in [0.29, 0.717) is 25.9 Å². The highest BCUT2D eigenvalue weighted by molar-refractivity contribution is 5.93. The molecule has 10 heteroatoms. The quantitative estimate of drug-likeness (QED) is 0.464. The van der Waals surface area contributed by atoms with E-state index in [1.807, 2.05) is 25.1 Å². The summed E-state index contributed by atoms with van der Waals surface area (Å²) in [6.07, 6.45) is 1.58. The zero-order valence-electron chi connectivity index (χ0n) is 22.4. The van der Waals surface area contributed by atoms with Crippen molar-refractivity contribution >= 4 is 11.8 Å². The molecule has 0 aliphatic carbocycles. The monoisotopic (exact) mass is 553 g/mol. The average Bonchev–Trinajstić information content (AvgIpc) is 2.94. The predicted octanol–water partition coefficient (Wildman–Crippen LogP) is 4.56. The highest BCUT2D eigenvalue weighted by Crippen LogP contribution is 2.32. The van der Waals surface area contributed by atoms with Gasteiger partial charge >= 0.3 is 0 Å². The van der Waals surface area contributed by atoms with Crippen molar-refractivity contribution in [2.24, 2.45) is 0 Å². The highest BCUT2D eigenvalue weighted by Gasteiger charge is 2.43. The molecule has 2 aromatic carbocycles. The number of hydrogen-bond donors (Lipinski definition) is 0. The number of rotatable bonds is 5. The molecule has 2 aliphatic heterocycles. The van der Waals surface area contributed by atoms with Crippen molar-refractivity contribution < 1.29 is 32.2 Å². The Bertz CT molecular complexity index is 1430. The molecular formula is C30H30F3N3O4. The summed E-state index contributed by atoms with van der Waals surface area (Å²) >= 11 is 0. The molecule has 3 heterocycles. The molecular weight excluding hydrogens is 523 g/mol. The van der Waals surface area contributed by atoms with Crippen LogP contribution in [0.15, 0.2) is 48.5 Å². The smallest absolute Gasteiger partial charge is 0.272 e. The Morgan fingerprint density at radius 3 is 2.45 bits per heavy atom. The Hall–Kier alpha value is -3.92. The van der Waals surface area contributed by atoms with Gasteiger partial charge in [0.05, 0.1) is 38.8 Å². The van der Waals surface area contributed by atoms with E-state index in [9.17, 15) is 22.8 Å². The van der Waals surface area contributed by atoms with Crippen molar-refractivity contribution in [2.75, 3.05) is 39.9 Å². The Morgan fingerprint density at radius 2 is 1.70 bits per heavy atom. The molecule has 5 rings (SSSR count). The van der Waals surface area contributed by atoms with Crippen LogP contribution in [0.1, 0.15) is 34.5 Å². The molecule has 40 heavy (non-hydrogen) atoms. The van der Waals surface area contributed by atoms with Gasteiger partial charge in [-0.1, -0.05) is 18.2 Å². The predicted molar refractivity (Wildman–Crippen MR) is 141 cm³/mol. The van der Waals surface area contributed by atoms with Crippen LogP contribution in [-0.2, 0) is 16.0 Å². The van der Waals surface area contributed by atoms with Crippen molar-refractivity contribution in [1.29, 1.82) is 0 Å². The lowest BCUT2D eigenvalue weighted by Crippen LogP contribution is -2.61. The molecule has 0 N–H and O–H groups in total. The zero-order chi connectivity index (χ0) is 28.4. The molecule has 1 unspecified atom stereocenters. The number of carbonyl (C=O) groups is 2. The Balaban J connectivity index is 1.32. The van der Waals surface area contributed by atoms with Crippen molar-refractivity contribution in [3.8, 4) is 17.0 Å². The number of ether oxygens (including phenoxy) is 2. The third kappa shape index (κ3) is 5.40. The topological polar surface area (TPSA) is 72.0 Å². The van der Waals surface area contributed by atoms with E-state index in [1.165, 1.54) is 12.1 Å². The summed E-state index contributed by atoms with van der Waals surface area (Å²) in [4.78, 5) is 34.1. The summed E-state index contributed by atoms with van der Waals surface area (Å²) in [6, 6.07) is 11.0. The van der Waals surface area contributed by atoms with E-state index in [-0.39, 0.29) is 37.7 Å². The molecule has 210 valence electrons. The maximum absolute atomic E-state index is 14.6. The number of amides is 2. The highest BCUT2D eigenvalue weighted by atomic mass is 19.1. The summed E-state index contributed by atoms with van der Waals surface area (Å²) in [5, 5.41) is 0. The van der Waals surface area contributed by atoms with Crippen LogP contribution in [0.25, 0.3) is 11.3 Å². The van der Waals surface area contributed by atoms with Gasteiger partial charge in [-0.3, -0.25) is 9.59 Å². The van der Waals surface area contributed by atoms with Gasteiger partial charge in [0.2, 0.25) is 5.91 Å². The number of halogens is 3. The first kappa shape index (κ1) is 27.6. The number of pyridine rings is 1. The third-order valence-electron chi connectivity index (χ3n) is 7.65. The summed E-state index contributed by atoms with van der Waals surface area (Å²) in [5.74, 6) is -2.71. The summed E-state index contributed by atoms with van der Waals surface area (Å²) in [6.45, 7) is 3.54. The van der Waals surface area contributed by atoms with E-state index in [0.717, 1.165) is 35.1 Å². The van der Waals surface area contributed by atoms with Crippen molar-refractivity contribution in [1.82, 2.24) is 14.8 Å². The molecule has 0 bridgehead atoms. The maximum atomic E-state index is 14.6. The van der Waals surface area contributed by atoms with Crippen LogP contribution < -0.4 is 4.74 Å². The van der Waals surface area contributed by atoms with Gasteiger partial charge in [-0.15, -0.1) is 0 Å². The van der Waals surface area contributed by atoms with E-state index >= 15 is 0 Å². The van der Waals surface area contributed by atoms with Gasteiger partial charge in [0, 0.05) is 13.1 Å². The molecule has 2 fully saturated rings. The Morgan fingerprint density at radius 1 is 0.975 bits per heavy atom. The molecule has 0 saturated carbocycles. The third-order valence-corrected chi connectivity index (χ3v) is 7.65. The Kier molecular flexibility index (Phi) is 7.80. The van der Waals surface area contributed by atoms with E-state index in [1.54, 1.807) is 16.9 Å². The van der Waals surface area contributed by atoms with Crippen LogP contribution in [0.5, 0.6) is 5.75 Å². The number of likely N-dealkylation sites (tertiary alicyclic amines) is 1. The lowest BCUT2D eigenvalue weighted by Gasteiger charge is -2.48. The molecule has 3 aromatic rings. The van der Waals surface area contributed by atoms with Crippen LogP contribution in [-0.4, -0.2) is 72.1 Å². The van der Waals surface area contributed by atoms with Gasteiger partial charge in [0.15, 0.2) is 0 Å². The molecule has 2 aliphatic rings. The first-order chi connectivity index (χ1) is 19.2. The second-order valence-electron chi connectivity index (χ2n) is 10.2. The van der Waals surface area contributed by atoms with Crippen molar-refractivity contribution in [3.63, 3.8) is 0 Å². The van der Waals surface area contributed by atoms with Gasteiger partial charge < -0.3 is 19.3 Å². The molecule has 1 spiro atoms. The van der Waals surface area contributed by atoms with Gasteiger partial charge in [0.1, 0.15) is 40.2 Å². The minimum atomic E-state index is -0.975. The number of carbonyl (C=O) groups excluding carboxylic acids is 2. The lowest BCUT2D eigenvalue weighted by molar-refractivity contribution is -0.153. The second kappa shape index (κ2) is 11.3. The minimum absolute atomic E-state index is 0.0424. The number of benzene rings is 2. The summed E-state index contributed by atoms with van der Waals surface area (Å²) < 4.78 is 54.8. The van der Waals surface area contributed by atoms with Crippen LogP contribution in [0.4, 0.5) is 13.2 Å². The van der Waals surface area contributed by atoms with Crippen molar-refractivity contribution in [2.45, 2.75) is 31.8 Å². The number of methoxy groups -OCH3 is 1. The van der Waals surface area contributed by atoms with Gasteiger partial charge in [-0.05, 0) is 61.2 Å². The largest absolute Gasteiger partial charge is 0.496 e. The number of aromatic nitrogens is 1. The second-order valence-corrected chi connectivity index (χ2v) is 10.2.